The van der Waals surface area contributed by atoms with Gasteiger partial charge in [-0.15, -0.1) is 24.8 Å². The number of halogens is 3. The molecule has 2 atom stereocenters. The number of rotatable bonds is 3. The molecule has 0 unspecified atom stereocenters. The number of amides is 1. The van der Waals surface area contributed by atoms with Crippen molar-refractivity contribution >= 4 is 41.8 Å². The molecule has 2 fully saturated rings. The molecule has 0 saturated carbocycles. The number of hydrogen-bond acceptors (Lipinski definition) is 3. The second kappa shape index (κ2) is 8.34. The maximum atomic E-state index is 13.2. The highest BCUT2D eigenvalue weighted by Gasteiger charge is 2.36. The largest absolute Gasteiger partial charge is 0.342 e. The Morgan fingerprint density at radius 1 is 1.32 bits per heavy atom. The lowest BCUT2D eigenvalue weighted by Crippen LogP contribution is -2.41. The van der Waals surface area contributed by atoms with E-state index in [1.165, 1.54) is 25.0 Å². The van der Waals surface area contributed by atoms with Gasteiger partial charge in [0.15, 0.2) is 0 Å². The van der Waals surface area contributed by atoms with Gasteiger partial charge in [0.25, 0.3) is 0 Å². The first kappa shape index (κ1) is 19.9. The Morgan fingerprint density at radius 2 is 2.16 bits per heavy atom. The SMILES string of the molecule is Cl.Cl.O=C(CCc1nc2ccc(F)cc2[nH]1)N1C[C@@H]2CCCN[C@@H]2C1. The highest BCUT2D eigenvalue weighted by molar-refractivity contribution is 5.85. The number of carbonyl (C=O) groups is 1. The van der Waals surface area contributed by atoms with Gasteiger partial charge in [0.2, 0.25) is 5.91 Å². The van der Waals surface area contributed by atoms with Gasteiger partial charge >= 0.3 is 0 Å². The van der Waals surface area contributed by atoms with E-state index in [0.717, 1.165) is 31.0 Å². The number of H-pyrrole nitrogens is 1. The van der Waals surface area contributed by atoms with Gasteiger partial charge in [-0.3, -0.25) is 4.79 Å². The second-order valence-corrected chi connectivity index (χ2v) is 6.61. The molecule has 138 valence electrons. The molecule has 1 amide bonds. The highest BCUT2D eigenvalue weighted by Crippen LogP contribution is 2.25. The number of imidazole rings is 1. The molecule has 2 aliphatic rings. The van der Waals surface area contributed by atoms with Gasteiger partial charge in [0, 0.05) is 32.0 Å². The molecular formula is C17H23Cl2FN4O. The Balaban J connectivity index is 0.00000113. The molecule has 0 radical (unpaired) electrons. The van der Waals surface area contributed by atoms with Crippen LogP contribution in [0.25, 0.3) is 11.0 Å². The Bertz CT molecular complexity index is 725. The lowest BCUT2D eigenvalue weighted by atomic mass is 9.94. The molecule has 2 aliphatic heterocycles. The van der Waals surface area contributed by atoms with Crippen molar-refractivity contribution < 1.29 is 9.18 Å². The number of likely N-dealkylation sites (tertiary alicyclic amines) is 1. The normalized spacial score (nSPS) is 22.2. The van der Waals surface area contributed by atoms with Crippen LogP contribution >= 0.6 is 24.8 Å². The fraction of sp³-hybridized carbons (Fsp3) is 0.529. The fourth-order valence-electron chi connectivity index (χ4n) is 3.79. The monoisotopic (exact) mass is 388 g/mol. The van der Waals surface area contributed by atoms with Gasteiger partial charge < -0.3 is 15.2 Å². The molecule has 8 heteroatoms. The molecule has 0 bridgehead atoms. The smallest absolute Gasteiger partial charge is 0.223 e. The first-order valence-corrected chi connectivity index (χ1v) is 8.34. The third-order valence-electron chi connectivity index (χ3n) is 5.02. The Hall–Kier alpha value is -1.37. The van der Waals surface area contributed by atoms with Crippen LogP contribution in [-0.2, 0) is 11.2 Å². The summed E-state index contributed by atoms with van der Waals surface area (Å²) in [6, 6.07) is 4.96. The van der Waals surface area contributed by atoms with Gasteiger partial charge in [-0.1, -0.05) is 0 Å². The number of aryl methyl sites for hydroxylation is 1. The lowest BCUT2D eigenvalue weighted by molar-refractivity contribution is -0.130. The van der Waals surface area contributed by atoms with Crippen molar-refractivity contribution in [3.8, 4) is 0 Å². The minimum atomic E-state index is -0.282. The summed E-state index contributed by atoms with van der Waals surface area (Å²) in [7, 11) is 0. The van der Waals surface area contributed by atoms with Crippen molar-refractivity contribution in [2.75, 3.05) is 19.6 Å². The van der Waals surface area contributed by atoms with E-state index in [1.54, 1.807) is 6.07 Å². The van der Waals surface area contributed by atoms with Crippen molar-refractivity contribution in [3.63, 3.8) is 0 Å². The number of aromatic nitrogens is 2. The van der Waals surface area contributed by atoms with E-state index in [0.29, 0.717) is 30.3 Å². The summed E-state index contributed by atoms with van der Waals surface area (Å²) >= 11 is 0. The third kappa shape index (κ3) is 4.25. The lowest BCUT2D eigenvalue weighted by Gasteiger charge is -2.24. The molecule has 0 spiro atoms. The molecular weight excluding hydrogens is 366 g/mol. The molecule has 4 rings (SSSR count). The van der Waals surface area contributed by atoms with Crippen molar-refractivity contribution in [1.82, 2.24) is 20.2 Å². The maximum absolute atomic E-state index is 13.2. The van der Waals surface area contributed by atoms with Crippen LogP contribution in [0.1, 0.15) is 25.1 Å². The van der Waals surface area contributed by atoms with Crippen molar-refractivity contribution in [2.24, 2.45) is 5.92 Å². The molecule has 1 aromatic carbocycles. The van der Waals surface area contributed by atoms with Gasteiger partial charge in [-0.05, 0) is 43.5 Å². The Kier molecular flexibility index (Phi) is 6.65. The van der Waals surface area contributed by atoms with Crippen LogP contribution in [0.5, 0.6) is 0 Å². The second-order valence-electron chi connectivity index (χ2n) is 6.61. The number of nitrogens with zero attached hydrogens (tertiary/aromatic N) is 2. The van der Waals surface area contributed by atoms with E-state index in [2.05, 4.69) is 15.3 Å². The number of benzene rings is 1. The number of carbonyl (C=O) groups excluding carboxylic acids is 1. The molecule has 0 aliphatic carbocycles. The Labute approximate surface area is 158 Å². The minimum Gasteiger partial charge on any atom is -0.342 e. The standard InChI is InChI=1S/C17H21FN4O.2ClH/c18-12-3-4-13-14(8-12)21-16(20-13)5-6-17(23)22-9-11-2-1-7-19-15(11)10-22;;/h3-4,8,11,15,19H,1-2,5-7,9-10H2,(H,20,21);2*1H/t11-,15+;;/m0../s1. The van der Waals surface area contributed by atoms with Gasteiger partial charge in [0.05, 0.1) is 11.0 Å². The molecule has 2 aromatic rings. The van der Waals surface area contributed by atoms with Crippen LogP contribution in [0.4, 0.5) is 4.39 Å². The van der Waals surface area contributed by atoms with E-state index in [9.17, 15) is 9.18 Å². The summed E-state index contributed by atoms with van der Waals surface area (Å²) in [6.45, 7) is 2.77. The topological polar surface area (TPSA) is 61.0 Å². The number of hydrogen-bond donors (Lipinski definition) is 2. The van der Waals surface area contributed by atoms with Crippen LogP contribution in [0.3, 0.4) is 0 Å². The van der Waals surface area contributed by atoms with Crippen LogP contribution < -0.4 is 5.32 Å². The molecule has 3 heterocycles. The molecule has 1 aromatic heterocycles. The molecule has 2 N–H and O–H groups in total. The summed E-state index contributed by atoms with van der Waals surface area (Å²) in [4.78, 5) is 21.9. The first-order valence-electron chi connectivity index (χ1n) is 8.34. The average Bonchev–Trinajstić information content (AvgIpc) is 3.15. The van der Waals surface area contributed by atoms with Crippen molar-refractivity contribution in [3.05, 3.63) is 29.8 Å². The zero-order chi connectivity index (χ0) is 15.8. The quantitative estimate of drug-likeness (QED) is 0.849. The van der Waals surface area contributed by atoms with Crippen LogP contribution in [-0.4, -0.2) is 46.5 Å². The molecule has 5 nitrogen and oxygen atoms in total. The number of aromatic amines is 1. The minimum absolute atomic E-state index is 0. The summed E-state index contributed by atoms with van der Waals surface area (Å²) in [5.41, 5.74) is 1.43. The van der Waals surface area contributed by atoms with E-state index in [1.807, 2.05) is 4.90 Å². The number of fused-ring (bicyclic) bond motifs is 2. The van der Waals surface area contributed by atoms with Crippen molar-refractivity contribution in [2.45, 2.75) is 31.7 Å². The molecule has 25 heavy (non-hydrogen) atoms. The Morgan fingerprint density at radius 3 is 2.96 bits per heavy atom. The van der Waals surface area contributed by atoms with E-state index in [4.69, 9.17) is 0 Å². The van der Waals surface area contributed by atoms with Crippen LogP contribution in [0.2, 0.25) is 0 Å². The van der Waals surface area contributed by atoms with Gasteiger partial charge in [0.1, 0.15) is 11.6 Å². The zero-order valence-corrected chi connectivity index (χ0v) is 15.5. The first-order chi connectivity index (χ1) is 11.2. The van der Waals surface area contributed by atoms with Crippen LogP contribution in [0, 0.1) is 11.7 Å². The van der Waals surface area contributed by atoms with Gasteiger partial charge in [-0.25, -0.2) is 9.37 Å². The summed E-state index contributed by atoms with van der Waals surface area (Å²) < 4.78 is 13.2. The van der Waals surface area contributed by atoms with E-state index >= 15 is 0 Å². The summed E-state index contributed by atoms with van der Waals surface area (Å²) in [5.74, 6) is 1.26. The predicted octanol–water partition coefficient (Wildman–Crippen LogP) is 2.69. The van der Waals surface area contributed by atoms with E-state index in [-0.39, 0.29) is 36.5 Å². The van der Waals surface area contributed by atoms with E-state index < -0.39 is 0 Å². The predicted molar refractivity (Wildman–Crippen MR) is 100.0 cm³/mol. The summed E-state index contributed by atoms with van der Waals surface area (Å²) in [5, 5.41) is 3.51. The third-order valence-corrected chi connectivity index (χ3v) is 5.02. The maximum Gasteiger partial charge on any atom is 0.223 e. The average molecular weight is 389 g/mol. The van der Waals surface area contributed by atoms with Crippen molar-refractivity contribution in [1.29, 1.82) is 0 Å². The molecule has 2 saturated heterocycles. The van der Waals surface area contributed by atoms with Gasteiger partial charge in [-0.2, -0.15) is 0 Å². The van der Waals surface area contributed by atoms with Crippen LogP contribution in [0.15, 0.2) is 18.2 Å². The highest BCUT2D eigenvalue weighted by atomic mass is 35.5. The zero-order valence-electron chi connectivity index (χ0n) is 13.8. The summed E-state index contributed by atoms with van der Waals surface area (Å²) in [6.07, 6.45) is 3.44. The number of nitrogens with one attached hydrogen (secondary N) is 2. The fourth-order valence-corrected chi connectivity index (χ4v) is 3.79. The number of piperidine rings is 1.